The van der Waals surface area contributed by atoms with E-state index in [9.17, 15) is 9.59 Å². The lowest BCUT2D eigenvalue weighted by Crippen LogP contribution is -2.40. The maximum Gasteiger partial charge on any atom is 0.306 e. The topological polar surface area (TPSA) is 64.6 Å². The van der Waals surface area contributed by atoms with Crippen molar-refractivity contribution in [2.75, 3.05) is 19.8 Å². The standard InChI is InChI=1S/C13H21NO4/c1-2-18-13(16)6-5-12(15)14-11-8-17-7-10(11)9-3-4-9/h9-11H,2-8H2,1H3,(H,14,15). The minimum absolute atomic E-state index is 0.0794. The van der Waals surface area contributed by atoms with Gasteiger partial charge in [-0.15, -0.1) is 0 Å². The van der Waals surface area contributed by atoms with Gasteiger partial charge < -0.3 is 14.8 Å². The molecule has 0 spiro atoms. The number of hydrogen-bond donors (Lipinski definition) is 1. The Morgan fingerprint density at radius 2 is 2.06 bits per heavy atom. The summed E-state index contributed by atoms with van der Waals surface area (Å²) in [6.45, 7) is 3.48. The van der Waals surface area contributed by atoms with Crippen LogP contribution < -0.4 is 5.32 Å². The number of carbonyl (C=O) groups excluding carboxylic acids is 2. The summed E-state index contributed by atoms with van der Waals surface area (Å²) in [5.41, 5.74) is 0. The van der Waals surface area contributed by atoms with Crippen LogP contribution in [0.2, 0.25) is 0 Å². The molecule has 5 nitrogen and oxygen atoms in total. The van der Waals surface area contributed by atoms with Crippen LogP contribution in [0.4, 0.5) is 0 Å². The van der Waals surface area contributed by atoms with Gasteiger partial charge in [0.15, 0.2) is 0 Å². The molecule has 0 aromatic heterocycles. The van der Waals surface area contributed by atoms with Gasteiger partial charge in [0, 0.05) is 12.3 Å². The van der Waals surface area contributed by atoms with Crippen molar-refractivity contribution in [2.24, 2.45) is 11.8 Å². The first kappa shape index (κ1) is 13.3. The van der Waals surface area contributed by atoms with E-state index >= 15 is 0 Å². The summed E-state index contributed by atoms with van der Waals surface area (Å²) >= 11 is 0. The highest BCUT2D eigenvalue weighted by Gasteiger charge is 2.40. The highest BCUT2D eigenvalue weighted by molar-refractivity contribution is 5.81. The molecule has 2 fully saturated rings. The van der Waals surface area contributed by atoms with E-state index in [0.29, 0.717) is 19.1 Å². The summed E-state index contributed by atoms with van der Waals surface area (Å²) in [6.07, 6.45) is 2.86. The Kier molecular flexibility index (Phi) is 4.58. The second-order valence-corrected chi connectivity index (χ2v) is 5.02. The van der Waals surface area contributed by atoms with Crippen molar-refractivity contribution in [2.45, 2.75) is 38.6 Å². The molecule has 1 saturated carbocycles. The highest BCUT2D eigenvalue weighted by atomic mass is 16.5. The highest BCUT2D eigenvalue weighted by Crippen LogP contribution is 2.40. The lowest BCUT2D eigenvalue weighted by atomic mass is 9.98. The number of hydrogen-bond acceptors (Lipinski definition) is 4. The summed E-state index contributed by atoms with van der Waals surface area (Å²) in [5.74, 6) is 0.803. The molecule has 1 aliphatic carbocycles. The van der Waals surface area contributed by atoms with E-state index in [1.54, 1.807) is 6.92 Å². The van der Waals surface area contributed by atoms with Crippen LogP contribution in [0.5, 0.6) is 0 Å². The van der Waals surface area contributed by atoms with Gasteiger partial charge in [0.05, 0.1) is 32.3 Å². The largest absolute Gasteiger partial charge is 0.466 e. The molecule has 1 saturated heterocycles. The Labute approximate surface area is 107 Å². The third-order valence-electron chi connectivity index (χ3n) is 3.56. The summed E-state index contributed by atoms with van der Waals surface area (Å²) < 4.78 is 10.2. The van der Waals surface area contributed by atoms with Gasteiger partial charge in [0.2, 0.25) is 5.91 Å². The molecule has 0 aromatic rings. The molecule has 1 aliphatic heterocycles. The van der Waals surface area contributed by atoms with E-state index < -0.39 is 0 Å². The number of esters is 1. The molecule has 1 N–H and O–H groups in total. The Balaban J connectivity index is 1.68. The summed E-state index contributed by atoms with van der Waals surface area (Å²) in [5, 5.41) is 2.98. The maximum absolute atomic E-state index is 11.7. The molecule has 2 atom stereocenters. The lowest BCUT2D eigenvalue weighted by molar-refractivity contribution is -0.144. The Bertz CT molecular complexity index is 314. The third-order valence-corrected chi connectivity index (χ3v) is 3.56. The van der Waals surface area contributed by atoms with Crippen molar-refractivity contribution in [3.8, 4) is 0 Å². The normalized spacial score (nSPS) is 26.9. The van der Waals surface area contributed by atoms with Crippen molar-refractivity contribution in [3.63, 3.8) is 0 Å². The van der Waals surface area contributed by atoms with Crippen LogP contribution in [0.25, 0.3) is 0 Å². The summed E-state index contributed by atoms with van der Waals surface area (Å²) in [7, 11) is 0. The number of rotatable bonds is 6. The van der Waals surface area contributed by atoms with Gasteiger partial charge in [-0.3, -0.25) is 9.59 Å². The van der Waals surface area contributed by atoms with Crippen LogP contribution >= 0.6 is 0 Å². The fourth-order valence-electron chi connectivity index (χ4n) is 2.44. The number of nitrogens with one attached hydrogen (secondary N) is 1. The molecule has 5 heteroatoms. The monoisotopic (exact) mass is 255 g/mol. The molecule has 1 amide bonds. The molecule has 1 heterocycles. The lowest BCUT2D eigenvalue weighted by Gasteiger charge is -2.18. The van der Waals surface area contributed by atoms with E-state index in [4.69, 9.17) is 9.47 Å². The predicted octanol–water partition coefficient (Wildman–Crippen LogP) is 0.871. The second-order valence-electron chi connectivity index (χ2n) is 5.02. The fourth-order valence-corrected chi connectivity index (χ4v) is 2.44. The van der Waals surface area contributed by atoms with Gasteiger partial charge >= 0.3 is 5.97 Å². The van der Waals surface area contributed by atoms with E-state index in [-0.39, 0.29) is 30.8 Å². The number of amides is 1. The average Bonchev–Trinajstić information content (AvgIpc) is 3.08. The van der Waals surface area contributed by atoms with Crippen LogP contribution in [-0.2, 0) is 19.1 Å². The minimum atomic E-state index is -0.311. The molecule has 2 aliphatic rings. The average molecular weight is 255 g/mol. The summed E-state index contributed by atoms with van der Waals surface area (Å²) in [6, 6.07) is 0.132. The van der Waals surface area contributed by atoms with Crippen molar-refractivity contribution in [3.05, 3.63) is 0 Å². The van der Waals surface area contributed by atoms with Gasteiger partial charge in [-0.1, -0.05) is 0 Å². The van der Waals surface area contributed by atoms with E-state index in [1.165, 1.54) is 12.8 Å². The summed E-state index contributed by atoms with van der Waals surface area (Å²) in [4.78, 5) is 22.9. The van der Waals surface area contributed by atoms with Crippen LogP contribution in [-0.4, -0.2) is 37.7 Å². The Morgan fingerprint density at radius 1 is 1.28 bits per heavy atom. The fraction of sp³-hybridized carbons (Fsp3) is 0.846. The van der Waals surface area contributed by atoms with Crippen LogP contribution in [0.3, 0.4) is 0 Å². The molecule has 0 bridgehead atoms. The predicted molar refractivity (Wildman–Crippen MR) is 64.8 cm³/mol. The molecule has 2 rings (SSSR count). The zero-order valence-corrected chi connectivity index (χ0v) is 10.8. The zero-order valence-electron chi connectivity index (χ0n) is 10.8. The van der Waals surface area contributed by atoms with Gasteiger partial charge in [0.1, 0.15) is 0 Å². The van der Waals surface area contributed by atoms with E-state index in [1.807, 2.05) is 0 Å². The van der Waals surface area contributed by atoms with Crippen molar-refractivity contribution < 1.29 is 19.1 Å². The molecular weight excluding hydrogens is 234 g/mol. The zero-order chi connectivity index (χ0) is 13.0. The maximum atomic E-state index is 11.7. The van der Waals surface area contributed by atoms with Crippen LogP contribution in [0.1, 0.15) is 32.6 Å². The molecule has 102 valence electrons. The smallest absolute Gasteiger partial charge is 0.306 e. The first-order valence-electron chi connectivity index (χ1n) is 6.73. The van der Waals surface area contributed by atoms with E-state index in [2.05, 4.69) is 5.32 Å². The molecule has 18 heavy (non-hydrogen) atoms. The SMILES string of the molecule is CCOC(=O)CCC(=O)NC1COCC1C1CC1. The van der Waals surface area contributed by atoms with Gasteiger partial charge in [-0.25, -0.2) is 0 Å². The minimum Gasteiger partial charge on any atom is -0.466 e. The van der Waals surface area contributed by atoms with Gasteiger partial charge in [0.25, 0.3) is 0 Å². The number of carbonyl (C=O) groups is 2. The second kappa shape index (κ2) is 6.18. The Morgan fingerprint density at radius 3 is 2.72 bits per heavy atom. The third kappa shape index (κ3) is 3.70. The van der Waals surface area contributed by atoms with Crippen LogP contribution in [0.15, 0.2) is 0 Å². The molecule has 0 radical (unpaired) electrons. The molecule has 0 aromatic carbocycles. The number of ether oxygens (including phenoxy) is 2. The first-order chi connectivity index (χ1) is 8.70. The van der Waals surface area contributed by atoms with Crippen molar-refractivity contribution >= 4 is 11.9 Å². The van der Waals surface area contributed by atoms with Crippen LogP contribution in [0, 0.1) is 11.8 Å². The first-order valence-corrected chi connectivity index (χ1v) is 6.73. The molecule has 2 unspecified atom stereocenters. The van der Waals surface area contributed by atoms with Gasteiger partial charge in [-0.05, 0) is 25.7 Å². The molecular formula is C13H21NO4. The van der Waals surface area contributed by atoms with Crippen molar-refractivity contribution in [1.82, 2.24) is 5.32 Å². The van der Waals surface area contributed by atoms with Gasteiger partial charge in [-0.2, -0.15) is 0 Å². The quantitative estimate of drug-likeness (QED) is 0.715. The van der Waals surface area contributed by atoms with E-state index in [0.717, 1.165) is 12.5 Å². The van der Waals surface area contributed by atoms with Crippen molar-refractivity contribution in [1.29, 1.82) is 0 Å². The Hall–Kier alpha value is -1.10.